The van der Waals surface area contributed by atoms with E-state index in [-0.39, 0.29) is 36.2 Å². The summed E-state index contributed by atoms with van der Waals surface area (Å²) in [5.74, 6) is 0.567. The Labute approximate surface area is 235 Å². The molecule has 1 fully saturated rings. The fourth-order valence-corrected chi connectivity index (χ4v) is 4.93. The quantitative estimate of drug-likeness (QED) is 0.189. The zero-order chi connectivity index (χ0) is 28.8. The maximum absolute atomic E-state index is 13.0. The number of methoxy groups -OCH3 is 1. The summed E-state index contributed by atoms with van der Waals surface area (Å²) in [4.78, 5) is 25.9. The third kappa shape index (κ3) is 10.7. The molecule has 1 aliphatic rings. The van der Waals surface area contributed by atoms with E-state index in [1.54, 1.807) is 19.2 Å². The molecular formula is C30H52N4O5. The number of aliphatic hydroxyl groups is 1. The molecule has 2 rings (SSSR count). The molecule has 1 saturated heterocycles. The van der Waals surface area contributed by atoms with Crippen molar-refractivity contribution >= 4 is 11.8 Å². The molecule has 222 valence electrons. The summed E-state index contributed by atoms with van der Waals surface area (Å²) in [7, 11) is 1.67. The molecule has 4 atom stereocenters. The van der Waals surface area contributed by atoms with Gasteiger partial charge in [-0.2, -0.15) is 0 Å². The lowest BCUT2D eigenvalue weighted by atomic mass is 9.79. The van der Waals surface area contributed by atoms with Crippen molar-refractivity contribution in [2.75, 3.05) is 40.0 Å². The summed E-state index contributed by atoms with van der Waals surface area (Å²) in [5.41, 5.74) is 6.29. The predicted octanol–water partition coefficient (Wildman–Crippen LogP) is 2.86. The van der Waals surface area contributed by atoms with Gasteiger partial charge in [-0.25, -0.2) is 0 Å². The van der Waals surface area contributed by atoms with Crippen LogP contribution in [0.4, 0.5) is 0 Å². The Balaban J connectivity index is 1.85. The molecule has 9 heteroatoms. The van der Waals surface area contributed by atoms with Crippen LogP contribution in [0.25, 0.3) is 0 Å². The topological polar surface area (TPSA) is 135 Å². The fraction of sp³-hybridized carbons (Fsp3) is 0.733. The number of carbonyl (C=O) groups excluding carboxylic acids is 2. The van der Waals surface area contributed by atoms with E-state index >= 15 is 0 Å². The van der Waals surface area contributed by atoms with Crippen molar-refractivity contribution in [2.45, 2.75) is 84.4 Å². The maximum atomic E-state index is 13.0. The van der Waals surface area contributed by atoms with Crippen LogP contribution in [0.1, 0.15) is 76.6 Å². The van der Waals surface area contributed by atoms with Crippen LogP contribution in [0.3, 0.4) is 0 Å². The van der Waals surface area contributed by atoms with Gasteiger partial charge in [-0.1, -0.05) is 32.4 Å². The number of nitrogens with one attached hydrogen (secondary N) is 3. The van der Waals surface area contributed by atoms with Gasteiger partial charge in [0, 0.05) is 38.9 Å². The number of para-hydroxylation sites is 1. The SMILES string of the molecule is COCCCCOc1ccccc1C(=O)NC[C@@H](C[C@H](N)[C@@H](O)CNC(=O)C(C)(C)[C@H]1CCCCN1)C(C)C. The Kier molecular flexibility index (Phi) is 14.2. The van der Waals surface area contributed by atoms with Crippen molar-refractivity contribution in [1.29, 1.82) is 0 Å². The van der Waals surface area contributed by atoms with Gasteiger partial charge in [0.15, 0.2) is 0 Å². The monoisotopic (exact) mass is 548 g/mol. The molecule has 6 N–H and O–H groups in total. The minimum Gasteiger partial charge on any atom is -0.493 e. The molecule has 39 heavy (non-hydrogen) atoms. The third-order valence-corrected chi connectivity index (χ3v) is 7.91. The Morgan fingerprint density at radius 2 is 1.85 bits per heavy atom. The molecule has 0 unspecified atom stereocenters. The normalized spacial score (nSPS) is 18.3. The van der Waals surface area contributed by atoms with E-state index < -0.39 is 17.6 Å². The molecule has 1 aromatic carbocycles. The third-order valence-electron chi connectivity index (χ3n) is 7.91. The second-order valence-electron chi connectivity index (χ2n) is 11.7. The van der Waals surface area contributed by atoms with Crippen molar-refractivity contribution in [1.82, 2.24) is 16.0 Å². The van der Waals surface area contributed by atoms with Crippen molar-refractivity contribution in [3.8, 4) is 5.75 Å². The Morgan fingerprint density at radius 1 is 1.13 bits per heavy atom. The summed E-state index contributed by atoms with van der Waals surface area (Å²) in [6.45, 7) is 10.7. The summed E-state index contributed by atoms with van der Waals surface area (Å²) >= 11 is 0. The van der Waals surface area contributed by atoms with E-state index in [4.69, 9.17) is 15.2 Å². The van der Waals surface area contributed by atoms with Crippen molar-refractivity contribution in [3.05, 3.63) is 29.8 Å². The predicted molar refractivity (Wildman–Crippen MR) is 155 cm³/mol. The van der Waals surface area contributed by atoms with Gasteiger partial charge in [0.2, 0.25) is 5.91 Å². The van der Waals surface area contributed by atoms with Crippen LogP contribution < -0.4 is 26.4 Å². The number of piperidine rings is 1. The standard InChI is InChI=1S/C30H52N4O5/c1-21(2)22(19-33-28(36)23-12-6-7-13-26(23)39-17-11-10-16-38-5)18-24(31)25(35)20-34-29(37)30(3,4)27-14-8-9-15-32-27/h6-7,12-13,21-22,24-25,27,32,35H,8-11,14-20,31H2,1-5H3,(H,33,36)(H,34,37)/t22-,24+,25+,27-/m1/s1. The van der Waals surface area contributed by atoms with Crippen LogP contribution in [0.5, 0.6) is 5.75 Å². The first-order valence-corrected chi connectivity index (χ1v) is 14.5. The highest BCUT2D eigenvalue weighted by Gasteiger charge is 2.37. The lowest BCUT2D eigenvalue weighted by Gasteiger charge is -2.37. The lowest BCUT2D eigenvalue weighted by Crippen LogP contribution is -2.54. The number of benzene rings is 1. The van der Waals surface area contributed by atoms with Gasteiger partial charge in [0.1, 0.15) is 5.75 Å². The largest absolute Gasteiger partial charge is 0.493 e. The number of ether oxygens (including phenoxy) is 2. The molecule has 1 heterocycles. The molecular weight excluding hydrogens is 496 g/mol. The van der Waals surface area contributed by atoms with Crippen LogP contribution in [0.2, 0.25) is 0 Å². The summed E-state index contributed by atoms with van der Waals surface area (Å²) < 4.78 is 10.9. The summed E-state index contributed by atoms with van der Waals surface area (Å²) in [6.07, 6.45) is 4.58. The minimum absolute atomic E-state index is 0.0549. The summed E-state index contributed by atoms with van der Waals surface area (Å²) in [5, 5.41) is 20.1. The molecule has 0 saturated carbocycles. The molecule has 0 spiro atoms. The number of rotatable bonds is 17. The number of unbranched alkanes of at least 4 members (excludes halogenated alkanes) is 1. The number of amides is 2. The molecule has 1 aliphatic heterocycles. The molecule has 0 aromatic heterocycles. The van der Waals surface area contributed by atoms with E-state index in [1.165, 1.54) is 0 Å². The van der Waals surface area contributed by atoms with Crippen molar-refractivity contribution in [2.24, 2.45) is 23.0 Å². The average Bonchev–Trinajstić information content (AvgIpc) is 2.93. The van der Waals surface area contributed by atoms with Crippen molar-refractivity contribution < 1.29 is 24.2 Å². The maximum Gasteiger partial charge on any atom is 0.255 e. The highest BCUT2D eigenvalue weighted by Crippen LogP contribution is 2.27. The Bertz CT molecular complexity index is 873. The molecule has 2 amide bonds. The average molecular weight is 549 g/mol. The first-order valence-electron chi connectivity index (χ1n) is 14.5. The van der Waals surface area contributed by atoms with E-state index in [0.717, 1.165) is 38.6 Å². The molecule has 0 bridgehead atoms. The van der Waals surface area contributed by atoms with Gasteiger partial charge < -0.3 is 36.3 Å². The molecule has 9 nitrogen and oxygen atoms in total. The lowest BCUT2D eigenvalue weighted by molar-refractivity contribution is -0.131. The van der Waals surface area contributed by atoms with Gasteiger partial charge in [-0.15, -0.1) is 0 Å². The second kappa shape index (κ2) is 16.8. The smallest absolute Gasteiger partial charge is 0.255 e. The Hall–Kier alpha value is -2.20. The highest BCUT2D eigenvalue weighted by molar-refractivity contribution is 5.96. The van der Waals surface area contributed by atoms with Gasteiger partial charge >= 0.3 is 0 Å². The second-order valence-corrected chi connectivity index (χ2v) is 11.7. The first-order chi connectivity index (χ1) is 18.6. The van der Waals surface area contributed by atoms with Crippen LogP contribution in [-0.2, 0) is 9.53 Å². The van der Waals surface area contributed by atoms with Crippen LogP contribution >= 0.6 is 0 Å². The number of aliphatic hydroxyl groups excluding tert-OH is 1. The van der Waals surface area contributed by atoms with Gasteiger partial charge in [0.05, 0.1) is 23.7 Å². The van der Waals surface area contributed by atoms with Crippen LogP contribution in [0.15, 0.2) is 24.3 Å². The number of carbonyl (C=O) groups is 2. The highest BCUT2D eigenvalue weighted by atomic mass is 16.5. The molecule has 0 radical (unpaired) electrons. The minimum atomic E-state index is -0.881. The zero-order valence-electron chi connectivity index (χ0n) is 24.6. The van der Waals surface area contributed by atoms with Gasteiger partial charge in [-0.05, 0) is 76.5 Å². The Morgan fingerprint density at radius 3 is 2.51 bits per heavy atom. The number of nitrogens with two attached hydrogens (primary N) is 1. The number of hydrogen-bond acceptors (Lipinski definition) is 7. The fourth-order valence-electron chi connectivity index (χ4n) is 4.93. The van der Waals surface area contributed by atoms with E-state index in [1.807, 2.05) is 26.0 Å². The van der Waals surface area contributed by atoms with Crippen molar-refractivity contribution in [3.63, 3.8) is 0 Å². The van der Waals surface area contributed by atoms with E-state index in [2.05, 4.69) is 29.8 Å². The zero-order valence-corrected chi connectivity index (χ0v) is 24.6. The molecule has 1 aromatic rings. The van der Waals surface area contributed by atoms with Gasteiger partial charge in [0.25, 0.3) is 5.91 Å². The number of hydrogen-bond donors (Lipinski definition) is 5. The van der Waals surface area contributed by atoms with Gasteiger partial charge in [-0.3, -0.25) is 9.59 Å². The van der Waals surface area contributed by atoms with E-state index in [0.29, 0.717) is 37.5 Å². The van der Waals surface area contributed by atoms with Crippen LogP contribution in [-0.4, -0.2) is 75.1 Å². The molecule has 0 aliphatic carbocycles. The van der Waals surface area contributed by atoms with Crippen LogP contribution in [0, 0.1) is 17.3 Å². The summed E-state index contributed by atoms with van der Waals surface area (Å²) in [6, 6.07) is 6.82. The first kappa shape index (κ1) is 33.0. The van der Waals surface area contributed by atoms with E-state index in [9.17, 15) is 14.7 Å².